The van der Waals surface area contributed by atoms with Crippen LogP contribution in [0.5, 0.6) is 0 Å². The minimum Gasteiger partial charge on any atom is -0.459 e. The predicted octanol–water partition coefficient (Wildman–Crippen LogP) is 4.33. The maximum Gasteiger partial charge on any atom is 0.134 e. The van der Waals surface area contributed by atoms with Gasteiger partial charge >= 0.3 is 0 Å². The molecule has 0 radical (unpaired) electrons. The minimum absolute atomic E-state index is 0.292. The summed E-state index contributed by atoms with van der Waals surface area (Å²) in [4.78, 5) is 2.38. The van der Waals surface area contributed by atoms with Gasteiger partial charge in [-0.15, -0.1) is 0 Å². The third kappa shape index (κ3) is 3.50. The van der Waals surface area contributed by atoms with E-state index in [2.05, 4.69) is 52.3 Å². The summed E-state index contributed by atoms with van der Waals surface area (Å²) in [5, 5.41) is 4.77. The highest BCUT2D eigenvalue weighted by Crippen LogP contribution is 2.29. The summed E-state index contributed by atoms with van der Waals surface area (Å²) in [5.74, 6) is 1.04. The van der Waals surface area contributed by atoms with Gasteiger partial charge in [-0.05, 0) is 57.6 Å². The highest BCUT2D eigenvalue weighted by molar-refractivity contribution is 9.10. The van der Waals surface area contributed by atoms with Crippen molar-refractivity contribution >= 4 is 26.9 Å². The van der Waals surface area contributed by atoms with E-state index < -0.39 is 0 Å². The van der Waals surface area contributed by atoms with Crippen LogP contribution in [0, 0.1) is 0 Å². The highest BCUT2D eigenvalue weighted by Gasteiger charge is 2.21. The molecule has 2 aromatic rings. The van der Waals surface area contributed by atoms with Gasteiger partial charge in [0, 0.05) is 22.4 Å². The molecule has 4 heteroatoms. The van der Waals surface area contributed by atoms with Gasteiger partial charge in [-0.3, -0.25) is 4.90 Å². The maximum absolute atomic E-state index is 6.01. The number of hydrogen-bond acceptors (Lipinski definition) is 3. The fourth-order valence-electron chi connectivity index (χ4n) is 3.04. The molecule has 1 N–H and O–H groups in total. The summed E-state index contributed by atoms with van der Waals surface area (Å²) < 4.78 is 7.10. The number of rotatable bonds is 4. The first-order valence-corrected chi connectivity index (χ1v) is 8.55. The molecular formula is C17H23BrN2O. The zero-order valence-corrected chi connectivity index (χ0v) is 14.3. The van der Waals surface area contributed by atoms with Gasteiger partial charge in [-0.1, -0.05) is 22.4 Å². The van der Waals surface area contributed by atoms with Crippen LogP contribution in [0.2, 0.25) is 0 Å². The van der Waals surface area contributed by atoms with Gasteiger partial charge in [0.15, 0.2) is 0 Å². The molecule has 0 aliphatic carbocycles. The van der Waals surface area contributed by atoms with E-state index in [0.29, 0.717) is 12.1 Å². The SMILES string of the molecule is CC(c1cc2cc(Br)ccc2o1)N(C)CC1CCCCN1. The molecule has 0 saturated carbocycles. The van der Waals surface area contributed by atoms with Crippen LogP contribution < -0.4 is 5.32 Å². The maximum atomic E-state index is 6.01. The fourth-order valence-corrected chi connectivity index (χ4v) is 3.42. The average molecular weight is 351 g/mol. The molecule has 2 unspecified atom stereocenters. The molecular weight excluding hydrogens is 328 g/mol. The van der Waals surface area contributed by atoms with Crippen LogP contribution in [0.25, 0.3) is 11.0 Å². The molecule has 21 heavy (non-hydrogen) atoms. The van der Waals surface area contributed by atoms with E-state index in [-0.39, 0.29) is 0 Å². The van der Waals surface area contributed by atoms with Crippen molar-refractivity contribution in [2.24, 2.45) is 0 Å². The van der Waals surface area contributed by atoms with Crippen LogP contribution in [0.1, 0.15) is 38.0 Å². The monoisotopic (exact) mass is 350 g/mol. The van der Waals surface area contributed by atoms with Crippen LogP contribution in [-0.4, -0.2) is 31.1 Å². The first-order valence-electron chi connectivity index (χ1n) is 7.76. The van der Waals surface area contributed by atoms with Crippen molar-refractivity contribution in [3.05, 3.63) is 34.5 Å². The van der Waals surface area contributed by atoms with Crippen LogP contribution in [0.15, 0.2) is 33.2 Å². The molecule has 3 nitrogen and oxygen atoms in total. The quantitative estimate of drug-likeness (QED) is 0.889. The summed E-state index contributed by atoms with van der Waals surface area (Å²) in [7, 11) is 2.18. The first-order chi connectivity index (χ1) is 10.1. The molecule has 0 amide bonds. The molecule has 1 aliphatic rings. The number of nitrogens with one attached hydrogen (secondary N) is 1. The summed E-state index contributed by atoms with van der Waals surface area (Å²) in [6.45, 7) is 4.45. The fraction of sp³-hybridized carbons (Fsp3) is 0.529. The summed E-state index contributed by atoms with van der Waals surface area (Å²) >= 11 is 3.51. The second kappa shape index (κ2) is 6.51. The second-order valence-electron chi connectivity index (χ2n) is 6.09. The summed E-state index contributed by atoms with van der Waals surface area (Å²) in [6.07, 6.45) is 3.94. The largest absolute Gasteiger partial charge is 0.459 e. The second-order valence-corrected chi connectivity index (χ2v) is 7.01. The van der Waals surface area contributed by atoms with Crippen molar-refractivity contribution < 1.29 is 4.42 Å². The van der Waals surface area contributed by atoms with Gasteiger partial charge in [-0.2, -0.15) is 0 Å². The zero-order valence-electron chi connectivity index (χ0n) is 12.7. The van der Waals surface area contributed by atoms with E-state index >= 15 is 0 Å². The number of halogens is 1. The number of piperidine rings is 1. The smallest absolute Gasteiger partial charge is 0.134 e. The van der Waals surface area contributed by atoms with E-state index in [1.807, 2.05) is 12.1 Å². The number of hydrogen-bond donors (Lipinski definition) is 1. The van der Waals surface area contributed by atoms with Crippen molar-refractivity contribution in [1.29, 1.82) is 0 Å². The van der Waals surface area contributed by atoms with Gasteiger partial charge in [0.1, 0.15) is 11.3 Å². The Labute approximate surface area is 134 Å². The number of benzene rings is 1. The molecule has 1 aromatic carbocycles. The van der Waals surface area contributed by atoms with Crippen molar-refractivity contribution in [2.45, 2.75) is 38.3 Å². The first kappa shape index (κ1) is 15.1. The topological polar surface area (TPSA) is 28.4 Å². The Morgan fingerprint density at radius 1 is 1.38 bits per heavy atom. The highest BCUT2D eigenvalue weighted by atomic mass is 79.9. The standard InChI is InChI=1S/C17H23BrN2O/c1-12(20(2)11-15-5-3-4-8-19-15)17-10-13-9-14(18)6-7-16(13)21-17/h6-7,9-10,12,15,19H,3-5,8,11H2,1-2H3. The number of likely N-dealkylation sites (N-methyl/N-ethyl adjacent to an activating group) is 1. The van der Waals surface area contributed by atoms with Gasteiger partial charge in [0.25, 0.3) is 0 Å². The molecule has 3 rings (SSSR count). The Morgan fingerprint density at radius 2 is 2.24 bits per heavy atom. The lowest BCUT2D eigenvalue weighted by Crippen LogP contribution is -2.43. The molecule has 0 bridgehead atoms. The summed E-state index contributed by atoms with van der Waals surface area (Å²) in [6, 6.07) is 9.23. The summed E-state index contributed by atoms with van der Waals surface area (Å²) in [5.41, 5.74) is 0.962. The number of nitrogens with zero attached hydrogens (tertiary/aromatic N) is 1. The Hall–Kier alpha value is -0.840. The van der Waals surface area contributed by atoms with E-state index in [1.54, 1.807) is 0 Å². The molecule has 1 fully saturated rings. The van der Waals surface area contributed by atoms with Crippen LogP contribution in [-0.2, 0) is 0 Å². The molecule has 114 valence electrons. The Morgan fingerprint density at radius 3 is 3.00 bits per heavy atom. The van der Waals surface area contributed by atoms with E-state index in [1.165, 1.54) is 19.3 Å². The van der Waals surface area contributed by atoms with Gasteiger partial charge < -0.3 is 9.73 Å². The average Bonchev–Trinajstić information content (AvgIpc) is 2.90. The van der Waals surface area contributed by atoms with E-state index in [4.69, 9.17) is 4.42 Å². The lowest BCUT2D eigenvalue weighted by atomic mass is 10.0. The van der Waals surface area contributed by atoms with Crippen LogP contribution >= 0.6 is 15.9 Å². The van der Waals surface area contributed by atoms with Crippen LogP contribution in [0.4, 0.5) is 0 Å². The van der Waals surface area contributed by atoms with Crippen molar-refractivity contribution in [1.82, 2.24) is 10.2 Å². The Balaban J connectivity index is 1.71. The molecule has 1 aromatic heterocycles. The van der Waals surface area contributed by atoms with Gasteiger partial charge in [0.05, 0.1) is 6.04 Å². The normalized spacial score (nSPS) is 21.0. The van der Waals surface area contributed by atoms with Crippen LogP contribution in [0.3, 0.4) is 0 Å². The Kier molecular flexibility index (Phi) is 4.67. The Bertz CT molecular complexity index is 604. The van der Waals surface area contributed by atoms with Gasteiger partial charge in [-0.25, -0.2) is 0 Å². The molecule has 2 atom stereocenters. The molecule has 1 saturated heterocycles. The van der Waals surface area contributed by atoms with E-state index in [9.17, 15) is 0 Å². The molecule has 1 aliphatic heterocycles. The number of furan rings is 1. The molecule has 2 heterocycles. The van der Waals surface area contributed by atoms with E-state index in [0.717, 1.165) is 34.3 Å². The molecule has 0 spiro atoms. The van der Waals surface area contributed by atoms with Gasteiger partial charge in [0.2, 0.25) is 0 Å². The van der Waals surface area contributed by atoms with Crippen molar-refractivity contribution in [2.75, 3.05) is 20.1 Å². The lowest BCUT2D eigenvalue weighted by Gasteiger charge is -2.30. The minimum atomic E-state index is 0.292. The zero-order chi connectivity index (χ0) is 14.8. The third-order valence-electron chi connectivity index (χ3n) is 4.49. The van der Waals surface area contributed by atoms with Crippen molar-refractivity contribution in [3.63, 3.8) is 0 Å². The predicted molar refractivity (Wildman–Crippen MR) is 90.6 cm³/mol. The van der Waals surface area contributed by atoms with Crippen molar-refractivity contribution in [3.8, 4) is 0 Å². The third-order valence-corrected chi connectivity index (χ3v) is 4.98. The lowest BCUT2D eigenvalue weighted by molar-refractivity contribution is 0.197. The number of fused-ring (bicyclic) bond motifs is 1.